The second-order valence-corrected chi connectivity index (χ2v) is 6.91. The molecule has 0 aliphatic rings. The van der Waals surface area contributed by atoms with Gasteiger partial charge in [-0.05, 0) is 48.9 Å². The molecule has 3 aromatic rings. The average molecular weight is 433 g/mol. The van der Waals surface area contributed by atoms with Crippen LogP contribution in [0.2, 0.25) is 5.15 Å². The quantitative estimate of drug-likeness (QED) is 0.563. The minimum absolute atomic E-state index is 0.0427. The maximum absolute atomic E-state index is 13.2. The largest absolute Gasteiger partial charge is 0.354 e. The predicted molar refractivity (Wildman–Crippen MR) is 109 cm³/mol. The van der Waals surface area contributed by atoms with E-state index in [1.54, 1.807) is 13.0 Å². The molecule has 30 heavy (non-hydrogen) atoms. The fraction of sp³-hybridized carbons (Fsp3) is 0.190. The molecule has 2 amide bonds. The molecule has 156 valence electrons. The molecule has 0 saturated heterocycles. The summed E-state index contributed by atoms with van der Waals surface area (Å²) >= 11 is 6.31. The molecular weight excluding hydrogens is 414 g/mol. The summed E-state index contributed by atoms with van der Waals surface area (Å²) in [4.78, 5) is 24.4. The van der Waals surface area contributed by atoms with Gasteiger partial charge >= 0.3 is 0 Å². The van der Waals surface area contributed by atoms with Crippen molar-refractivity contribution in [2.45, 2.75) is 13.3 Å². The first-order chi connectivity index (χ1) is 14.3. The summed E-state index contributed by atoms with van der Waals surface area (Å²) < 4.78 is 27.6. The van der Waals surface area contributed by atoms with Crippen molar-refractivity contribution in [1.29, 1.82) is 0 Å². The first-order valence-corrected chi connectivity index (χ1v) is 9.53. The molecule has 0 fully saturated rings. The van der Waals surface area contributed by atoms with Crippen LogP contribution in [-0.2, 0) is 11.2 Å². The molecule has 6 nitrogen and oxygen atoms in total. The minimum Gasteiger partial charge on any atom is -0.354 e. The zero-order valence-corrected chi connectivity index (χ0v) is 16.8. The van der Waals surface area contributed by atoms with E-state index in [2.05, 4.69) is 15.7 Å². The van der Waals surface area contributed by atoms with Gasteiger partial charge in [0.25, 0.3) is 5.91 Å². The molecule has 0 bridgehead atoms. The van der Waals surface area contributed by atoms with E-state index < -0.39 is 17.5 Å². The van der Waals surface area contributed by atoms with E-state index in [1.807, 2.05) is 0 Å². The third-order valence-corrected chi connectivity index (χ3v) is 4.64. The number of carbonyl (C=O) groups excluding carboxylic acids is 2. The van der Waals surface area contributed by atoms with E-state index in [9.17, 15) is 18.4 Å². The highest BCUT2D eigenvalue weighted by atomic mass is 35.5. The van der Waals surface area contributed by atoms with Gasteiger partial charge in [0.05, 0.1) is 23.4 Å². The van der Waals surface area contributed by atoms with Crippen molar-refractivity contribution in [3.63, 3.8) is 0 Å². The van der Waals surface area contributed by atoms with Crippen molar-refractivity contribution in [3.8, 4) is 5.69 Å². The fourth-order valence-corrected chi connectivity index (χ4v) is 3.23. The molecule has 1 aromatic heterocycles. The van der Waals surface area contributed by atoms with Crippen LogP contribution in [0.25, 0.3) is 5.69 Å². The monoisotopic (exact) mass is 432 g/mol. The molecule has 0 aliphatic heterocycles. The zero-order valence-electron chi connectivity index (χ0n) is 16.1. The second-order valence-electron chi connectivity index (χ2n) is 6.55. The van der Waals surface area contributed by atoms with Gasteiger partial charge in [-0.3, -0.25) is 9.59 Å². The van der Waals surface area contributed by atoms with Crippen LogP contribution in [0.3, 0.4) is 0 Å². The van der Waals surface area contributed by atoms with Gasteiger partial charge in [-0.15, -0.1) is 0 Å². The molecular formula is C21H19ClF2N4O2. The highest BCUT2D eigenvalue weighted by Crippen LogP contribution is 2.23. The van der Waals surface area contributed by atoms with Gasteiger partial charge in [0.15, 0.2) is 0 Å². The maximum Gasteiger partial charge on any atom is 0.256 e. The fourth-order valence-electron chi connectivity index (χ4n) is 2.87. The van der Waals surface area contributed by atoms with Gasteiger partial charge in [0.1, 0.15) is 16.8 Å². The normalized spacial score (nSPS) is 10.7. The number of carbonyl (C=O) groups is 2. The van der Waals surface area contributed by atoms with Gasteiger partial charge in [-0.25, -0.2) is 13.5 Å². The third-order valence-electron chi connectivity index (χ3n) is 4.29. The van der Waals surface area contributed by atoms with Gasteiger partial charge in [-0.2, -0.15) is 5.10 Å². The average Bonchev–Trinajstić information content (AvgIpc) is 3.00. The van der Waals surface area contributed by atoms with Crippen molar-refractivity contribution in [3.05, 3.63) is 82.1 Å². The Balaban J connectivity index is 1.54. The van der Waals surface area contributed by atoms with E-state index in [4.69, 9.17) is 11.6 Å². The van der Waals surface area contributed by atoms with Crippen LogP contribution in [0.5, 0.6) is 0 Å². The summed E-state index contributed by atoms with van der Waals surface area (Å²) in [6.07, 6.45) is 0.0427. The number of aryl methyl sites for hydroxylation is 1. The minimum atomic E-state index is -0.440. The first kappa shape index (κ1) is 21.4. The van der Waals surface area contributed by atoms with Crippen LogP contribution in [0.4, 0.5) is 8.78 Å². The number of hydrogen-bond acceptors (Lipinski definition) is 3. The number of benzene rings is 2. The number of halogens is 3. The number of hydrogen-bond donors (Lipinski definition) is 2. The lowest BCUT2D eigenvalue weighted by Gasteiger charge is -2.08. The maximum atomic E-state index is 13.2. The van der Waals surface area contributed by atoms with Crippen LogP contribution in [0.1, 0.15) is 21.6 Å². The van der Waals surface area contributed by atoms with Crippen LogP contribution in [0.15, 0.2) is 48.5 Å². The SMILES string of the molecule is Cc1nn(-c2ccc(F)cc2)c(Cl)c1C(=O)NCCNC(=O)Cc1cccc(F)c1. The Morgan fingerprint density at radius 3 is 2.43 bits per heavy atom. The molecule has 0 saturated carbocycles. The molecule has 0 aliphatic carbocycles. The van der Waals surface area contributed by atoms with E-state index in [0.717, 1.165) is 0 Å². The van der Waals surface area contributed by atoms with Gasteiger partial charge in [0, 0.05) is 13.1 Å². The van der Waals surface area contributed by atoms with Crippen LogP contribution in [0, 0.1) is 18.6 Å². The molecule has 0 spiro atoms. The lowest BCUT2D eigenvalue weighted by Crippen LogP contribution is -2.35. The summed E-state index contributed by atoms with van der Waals surface area (Å²) in [5.74, 6) is -1.52. The molecule has 2 N–H and O–H groups in total. The molecule has 0 radical (unpaired) electrons. The number of amides is 2. The van der Waals surface area contributed by atoms with Gasteiger partial charge in [-0.1, -0.05) is 23.7 Å². The molecule has 2 aromatic carbocycles. The van der Waals surface area contributed by atoms with Crippen molar-refractivity contribution < 1.29 is 18.4 Å². The highest BCUT2D eigenvalue weighted by Gasteiger charge is 2.21. The Hall–Kier alpha value is -3.26. The summed E-state index contributed by atoms with van der Waals surface area (Å²) in [5, 5.41) is 9.68. The molecule has 9 heteroatoms. The molecule has 3 rings (SSSR count). The zero-order chi connectivity index (χ0) is 21.7. The Labute approximate surface area is 176 Å². The second kappa shape index (κ2) is 9.49. The smallest absolute Gasteiger partial charge is 0.256 e. The number of nitrogens with one attached hydrogen (secondary N) is 2. The lowest BCUT2D eigenvalue weighted by molar-refractivity contribution is -0.120. The van der Waals surface area contributed by atoms with Crippen molar-refractivity contribution in [2.24, 2.45) is 0 Å². The lowest BCUT2D eigenvalue weighted by atomic mass is 10.1. The standard InChI is InChI=1S/C21H19ClF2N4O2/c1-13-19(20(22)28(27-13)17-7-5-15(23)6-8-17)21(30)26-10-9-25-18(29)12-14-3-2-4-16(24)11-14/h2-8,11H,9-10,12H2,1H3,(H,25,29)(H,26,30). The summed E-state index contributed by atoms with van der Waals surface area (Å²) in [6, 6.07) is 11.4. The van der Waals surface area contributed by atoms with Crippen molar-refractivity contribution >= 4 is 23.4 Å². The Bertz CT molecular complexity index is 1070. The molecule has 0 atom stereocenters. The van der Waals surface area contributed by atoms with E-state index in [-0.39, 0.29) is 36.1 Å². The van der Waals surface area contributed by atoms with Gasteiger partial charge in [0.2, 0.25) is 5.91 Å². The van der Waals surface area contributed by atoms with E-state index in [0.29, 0.717) is 16.9 Å². The number of nitrogens with zero attached hydrogens (tertiary/aromatic N) is 2. The van der Waals surface area contributed by atoms with E-state index in [1.165, 1.54) is 47.1 Å². The predicted octanol–water partition coefficient (Wildman–Crippen LogP) is 3.20. The summed E-state index contributed by atoms with van der Waals surface area (Å²) in [7, 11) is 0. The van der Waals surface area contributed by atoms with Crippen LogP contribution >= 0.6 is 11.6 Å². The van der Waals surface area contributed by atoms with Crippen molar-refractivity contribution in [1.82, 2.24) is 20.4 Å². The highest BCUT2D eigenvalue weighted by molar-refractivity contribution is 6.33. The Kier molecular flexibility index (Phi) is 6.79. The number of aromatic nitrogens is 2. The topological polar surface area (TPSA) is 76.0 Å². The molecule has 1 heterocycles. The van der Waals surface area contributed by atoms with Crippen LogP contribution in [-0.4, -0.2) is 34.7 Å². The molecule has 0 unspecified atom stereocenters. The first-order valence-electron chi connectivity index (χ1n) is 9.15. The Morgan fingerprint density at radius 2 is 1.73 bits per heavy atom. The Morgan fingerprint density at radius 1 is 1.03 bits per heavy atom. The van der Waals surface area contributed by atoms with Gasteiger partial charge < -0.3 is 10.6 Å². The summed E-state index contributed by atoms with van der Waals surface area (Å²) in [6.45, 7) is 2.01. The van der Waals surface area contributed by atoms with E-state index >= 15 is 0 Å². The summed E-state index contributed by atoms with van der Waals surface area (Å²) in [5.41, 5.74) is 1.70. The van der Waals surface area contributed by atoms with Crippen molar-refractivity contribution in [2.75, 3.05) is 13.1 Å². The number of rotatable bonds is 7. The third kappa shape index (κ3) is 5.21. The van der Waals surface area contributed by atoms with Crippen LogP contribution < -0.4 is 10.6 Å².